The molecule has 4 nitrogen and oxygen atoms in total. The van der Waals surface area contributed by atoms with E-state index in [0.717, 1.165) is 42.7 Å². The topological polar surface area (TPSA) is 36.3 Å². The Hall–Kier alpha value is -1.55. The molecule has 0 spiro atoms. The number of hydrogen-bond donors (Lipinski definition) is 0. The van der Waals surface area contributed by atoms with Crippen molar-refractivity contribution in [2.24, 2.45) is 0 Å². The highest BCUT2D eigenvalue weighted by Gasteiger charge is 2.30. The van der Waals surface area contributed by atoms with Gasteiger partial charge in [0.15, 0.2) is 0 Å². The van der Waals surface area contributed by atoms with Gasteiger partial charge in [0.2, 0.25) is 0 Å². The number of benzene rings is 1. The minimum atomic E-state index is 0.0739. The lowest BCUT2D eigenvalue weighted by Gasteiger charge is -2.33. The van der Waals surface area contributed by atoms with Crippen molar-refractivity contribution in [3.05, 3.63) is 24.4 Å². The first-order valence-corrected chi connectivity index (χ1v) is 6.33. The Morgan fingerprint density at radius 1 is 1.33 bits per heavy atom. The molecule has 0 radical (unpaired) electrons. The Morgan fingerprint density at radius 2 is 2.11 bits per heavy atom. The van der Waals surface area contributed by atoms with E-state index in [1.54, 1.807) is 7.11 Å². The summed E-state index contributed by atoms with van der Waals surface area (Å²) in [5, 5.41) is 5.85. The fraction of sp³-hybridized carbons (Fsp3) is 0.500. The first-order valence-electron chi connectivity index (χ1n) is 6.33. The average molecular weight is 246 g/mol. The Bertz CT molecular complexity index is 556. The lowest BCUT2D eigenvalue weighted by molar-refractivity contribution is 0.0244. The number of nitrogens with zero attached hydrogens (tertiary/aromatic N) is 2. The molecule has 0 bridgehead atoms. The van der Waals surface area contributed by atoms with Crippen LogP contribution in [0, 0.1) is 0 Å². The predicted molar refractivity (Wildman–Crippen MR) is 70.0 cm³/mol. The van der Waals surface area contributed by atoms with Gasteiger partial charge < -0.3 is 9.47 Å². The van der Waals surface area contributed by atoms with Crippen LogP contribution in [0.25, 0.3) is 10.9 Å². The third kappa shape index (κ3) is 1.86. The summed E-state index contributed by atoms with van der Waals surface area (Å²) in [6.07, 6.45) is 4.15. The zero-order valence-electron chi connectivity index (χ0n) is 10.8. The molecule has 1 fully saturated rings. The fourth-order valence-electron chi connectivity index (χ4n) is 2.44. The van der Waals surface area contributed by atoms with Crippen molar-refractivity contribution in [1.82, 2.24) is 9.78 Å². The second-order valence-corrected chi connectivity index (χ2v) is 5.11. The number of rotatable bonds is 2. The Labute approximate surface area is 106 Å². The van der Waals surface area contributed by atoms with Crippen molar-refractivity contribution in [1.29, 1.82) is 0 Å². The van der Waals surface area contributed by atoms with Gasteiger partial charge in [-0.15, -0.1) is 0 Å². The number of methoxy groups -OCH3 is 1. The van der Waals surface area contributed by atoms with Crippen molar-refractivity contribution in [2.45, 2.75) is 25.3 Å². The van der Waals surface area contributed by atoms with E-state index in [1.807, 2.05) is 12.1 Å². The van der Waals surface area contributed by atoms with Gasteiger partial charge in [0.05, 0.1) is 18.2 Å². The van der Waals surface area contributed by atoms with E-state index in [9.17, 15) is 0 Å². The highest BCUT2D eigenvalue weighted by Crippen LogP contribution is 2.30. The Balaban J connectivity index is 2.02. The van der Waals surface area contributed by atoms with Gasteiger partial charge in [-0.25, -0.2) is 0 Å². The number of hydrogen-bond acceptors (Lipinski definition) is 3. The van der Waals surface area contributed by atoms with Crippen molar-refractivity contribution < 1.29 is 9.47 Å². The minimum absolute atomic E-state index is 0.0739. The summed E-state index contributed by atoms with van der Waals surface area (Å²) in [5.74, 6) is 0.852. The monoisotopic (exact) mass is 246 g/mol. The summed E-state index contributed by atoms with van der Waals surface area (Å²) in [7, 11) is 1.68. The van der Waals surface area contributed by atoms with Crippen LogP contribution in [0.1, 0.15) is 19.8 Å². The van der Waals surface area contributed by atoms with Gasteiger partial charge >= 0.3 is 0 Å². The zero-order chi connectivity index (χ0) is 12.6. The van der Waals surface area contributed by atoms with Crippen molar-refractivity contribution in [3.8, 4) is 5.75 Å². The van der Waals surface area contributed by atoms with Gasteiger partial charge in [-0.2, -0.15) is 5.10 Å². The lowest BCUT2D eigenvalue weighted by Crippen LogP contribution is -2.36. The number of aromatic nitrogens is 2. The maximum Gasteiger partial charge on any atom is 0.121 e. The predicted octanol–water partition coefficient (Wildman–Crippen LogP) is 2.57. The quantitative estimate of drug-likeness (QED) is 0.817. The standard InChI is InChI=1S/C14H18N2O2/c1-14(5-7-18-8-6-14)16-10-11-3-4-12(17-2)9-13(11)15-16/h3-4,9-10H,5-8H2,1-2H3. The summed E-state index contributed by atoms with van der Waals surface area (Å²) in [4.78, 5) is 0. The van der Waals surface area contributed by atoms with Crippen LogP contribution in [-0.4, -0.2) is 30.1 Å². The number of fused-ring (bicyclic) bond motifs is 1. The molecule has 0 amide bonds. The van der Waals surface area contributed by atoms with Crippen LogP contribution < -0.4 is 4.74 Å². The maximum absolute atomic E-state index is 5.44. The molecule has 2 aromatic rings. The second-order valence-electron chi connectivity index (χ2n) is 5.11. The molecule has 0 aliphatic carbocycles. The molecule has 0 N–H and O–H groups in total. The first-order chi connectivity index (χ1) is 8.71. The third-order valence-corrected chi connectivity index (χ3v) is 3.84. The maximum atomic E-state index is 5.44. The molecular weight excluding hydrogens is 228 g/mol. The van der Waals surface area contributed by atoms with E-state index in [2.05, 4.69) is 23.9 Å². The summed E-state index contributed by atoms with van der Waals surface area (Å²) in [6, 6.07) is 6.01. The molecule has 0 saturated carbocycles. The molecule has 2 heterocycles. The summed E-state index contributed by atoms with van der Waals surface area (Å²) in [6.45, 7) is 3.88. The van der Waals surface area contributed by atoms with Crippen molar-refractivity contribution >= 4 is 10.9 Å². The molecule has 1 aromatic carbocycles. The molecule has 1 aromatic heterocycles. The van der Waals surface area contributed by atoms with Crippen LogP contribution in [0.15, 0.2) is 24.4 Å². The van der Waals surface area contributed by atoms with Gasteiger partial charge in [0.1, 0.15) is 5.75 Å². The highest BCUT2D eigenvalue weighted by molar-refractivity contribution is 5.79. The SMILES string of the molecule is COc1ccc2cn(C3(C)CCOCC3)nc2c1. The van der Waals surface area contributed by atoms with E-state index in [4.69, 9.17) is 14.6 Å². The van der Waals surface area contributed by atoms with Crippen LogP contribution in [0.5, 0.6) is 5.75 Å². The van der Waals surface area contributed by atoms with Gasteiger partial charge in [-0.3, -0.25) is 4.68 Å². The second kappa shape index (κ2) is 4.28. The smallest absolute Gasteiger partial charge is 0.121 e. The van der Waals surface area contributed by atoms with Crippen LogP contribution in [0.3, 0.4) is 0 Å². The van der Waals surface area contributed by atoms with Crippen LogP contribution in [0.2, 0.25) is 0 Å². The first kappa shape index (κ1) is 11.5. The molecule has 0 atom stereocenters. The number of ether oxygens (including phenoxy) is 2. The van der Waals surface area contributed by atoms with Crippen molar-refractivity contribution in [2.75, 3.05) is 20.3 Å². The van der Waals surface area contributed by atoms with Gasteiger partial charge in [0.25, 0.3) is 0 Å². The molecule has 3 rings (SSSR count). The van der Waals surface area contributed by atoms with Crippen LogP contribution >= 0.6 is 0 Å². The molecule has 18 heavy (non-hydrogen) atoms. The van der Waals surface area contributed by atoms with E-state index in [1.165, 1.54) is 0 Å². The minimum Gasteiger partial charge on any atom is -0.497 e. The van der Waals surface area contributed by atoms with Crippen LogP contribution in [0.4, 0.5) is 0 Å². The average Bonchev–Trinajstić information content (AvgIpc) is 2.83. The van der Waals surface area contributed by atoms with Crippen molar-refractivity contribution in [3.63, 3.8) is 0 Å². The molecule has 1 saturated heterocycles. The zero-order valence-corrected chi connectivity index (χ0v) is 10.8. The van der Waals surface area contributed by atoms with Crippen LogP contribution in [-0.2, 0) is 10.3 Å². The molecule has 96 valence electrons. The lowest BCUT2D eigenvalue weighted by atomic mass is 9.93. The van der Waals surface area contributed by atoms with Gasteiger partial charge in [0, 0.05) is 30.9 Å². The van der Waals surface area contributed by atoms with E-state index < -0.39 is 0 Å². The Kier molecular flexibility index (Phi) is 2.74. The van der Waals surface area contributed by atoms with E-state index >= 15 is 0 Å². The molecule has 4 heteroatoms. The van der Waals surface area contributed by atoms with E-state index in [-0.39, 0.29) is 5.54 Å². The largest absolute Gasteiger partial charge is 0.497 e. The molecule has 0 unspecified atom stereocenters. The molecular formula is C14H18N2O2. The Morgan fingerprint density at radius 3 is 2.83 bits per heavy atom. The third-order valence-electron chi connectivity index (χ3n) is 3.84. The fourth-order valence-corrected chi connectivity index (χ4v) is 2.44. The van der Waals surface area contributed by atoms with Gasteiger partial charge in [-0.1, -0.05) is 0 Å². The highest BCUT2D eigenvalue weighted by atomic mass is 16.5. The molecule has 1 aliphatic rings. The van der Waals surface area contributed by atoms with E-state index in [0.29, 0.717) is 0 Å². The summed E-state index contributed by atoms with van der Waals surface area (Å²) < 4.78 is 12.8. The van der Waals surface area contributed by atoms with Gasteiger partial charge in [-0.05, 0) is 31.9 Å². The summed E-state index contributed by atoms with van der Waals surface area (Å²) in [5.41, 5.74) is 1.06. The normalized spacial score (nSPS) is 19.0. The molecule has 1 aliphatic heterocycles. The summed E-state index contributed by atoms with van der Waals surface area (Å²) >= 11 is 0.